The predicted octanol–water partition coefficient (Wildman–Crippen LogP) is 2.05. The molecular formula is C10H14F3N3O2S2. The zero-order chi connectivity index (χ0) is 15.1. The summed E-state index contributed by atoms with van der Waals surface area (Å²) in [6, 6.07) is 0. The zero-order valence-corrected chi connectivity index (χ0v) is 12.3. The molecular weight excluding hydrogens is 315 g/mol. The van der Waals surface area contributed by atoms with Gasteiger partial charge in [-0.05, 0) is 31.3 Å². The van der Waals surface area contributed by atoms with E-state index in [1.54, 1.807) is 0 Å². The lowest BCUT2D eigenvalue weighted by atomic mass is 10.4. The lowest BCUT2D eigenvalue weighted by Crippen LogP contribution is -2.34. The average Bonchev–Trinajstić information content (AvgIpc) is 3.09. The standard InChI is InChI=1S/C10H14F3N3O2S2/c1-2-16(5-10(11,12)13)9-7(8(14)15-19-9)20(17,18)6-3-4-6/h6H,2-5H2,1H3,(H2,14,15). The van der Waals surface area contributed by atoms with Gasteiger partial charge < -0.3 is 10.6 Å². The fourth-order valence-electron chi connectivity index (χ4n) is 1.84. The molecule has 1 saturated carbocycles. The molecule has 20 heavy (non-hydrogen) atoms. The lowest BCUT2D eigenvalue weighted by molar-refractivity contribution is -0.119. The van der Waals surface area contributed by atoms with Crippen LogP contribution in [0, 0.1) is 0 Å². The van der Waals surface area contributed by atoms with Crippen molar-refractivity contribution in [2.75, 3.05) is 23.7 Å². The largest absolute Gasteiger partial charge is 0.405 e. The van der Waals surface area contributed by atoms with Crippen molar-refractivity contribution < 1.29 is 21.6 Å². The highest BCUT2D eigenvalue weighted by Crippen LogP contribution is 2.43. The third-order valence-electron chi connectivity index (χ3n) is 2.94. The van der Waals surface area contributed by atoms with Gasteiger partial charge in [-0.1, -0.05) is 0 Å². The molecule has 10 heteroatoms. The summed E-state index contributed by atoms with van der Waals surface area (Å²) in [5, 5.41) is -0.557. The van der Waals surface area contributed by atoms with Crippen molar-refractivity contribution in [3.05, 3.63) is 0 Å². The maximum absolute atomic E-state index is 12.5. The molecule has 2 rings (SSSR count). The maximum atomic E-state index is 12.5. The first-order chi connectivity index (χ1) is 9.16. The van der Waals surface area contributed by atoms with E-state index in [2.05, 4.69) is 4.37 Å². The summed E-state index contributed by atoms with van der Waals surface area (Å²) in [5.41, 5.74) is 5.56. The third kappa shape index (κ3) is 3.00. The number of halogens is 3. The van der Waals surface area contributed by atoms with Crippen LogP contribution in [0.5, 0.6) is 0 Å². The molecule has 0 aliphatic heterocycles. The number of nitrogen functional groups attached to an aromatic ring is 1. The van der Waals surface area contributed by atoms with Crippen molar-refractivity contribution in [1.82, 2.24) is 4.37 Å². The van der Waals surface area contributed by atoms with Gasteiger partial charge in [0.15, 0.2) is 15.7 Å². The molecule has 0 radical (unpaired) electrons. The fraction of sp³-hybridized carbons (Fsp3) is 0.700. The van der Waals surface area contributed by atoms with Gasteiger partial charge in [-0.2, -0.15) is 17.5 Å². The Hall–Kier alpha value is -1.03. The molecule has 0 atom stereocenters. The minimum Gasteiger partial charge on any atom is -0.382 e. The molecule has 114 valence electrons. The fourth-order valence-corrected chi connectivity index (χ4v) is 4.93. The topological polar surface area (TPSA) is 76.3 Å². The second-order valence-corrected chi connectivity index (χ2v) is 7.49. The first-order valence-corrected chi connectivity index (χ1v) is 8.29. The van der Waals surface area contributed by atoms with Crippen LogP contribution < -0.4 is 10.6 Å². The van der Waals surface area contributed by atoms with Gasteiger partial charge in [-0.25, -0.2) is 8.42 Å². The highest BCUT2D eigenvalue weighted by molar-refractivity contribution is 7.92. The molecule has 0 spiro atoms. The van der Waals surface area contributed by atoms with E-state index in [0.717, 1.165) is 4.90 Å². The smallest absolute Gasteiger partial charge is 0.382 e. The van der Waals surface area contributed by atoms with E-state index < -0.39 is 27.8 Å². The number of nitrogens with zero attached hydrogens (tertiary/aromatic N) is 2. The van der Waals surface area contributed by atoms with E-state index >= 15 is 0 Å². The molecule has 5 nitrogen and oxygen atoms in total. The van der Waals surface area contributed by atoms with Crippen LogP contribution in [-0.2, 0) is 9.84 Å². The van der Waals surface area contributed by atoms with Gasteiger partial charge in [-0.15, -0.1) is 0 Å². The normalized spacial score (nSPS) is 16.4. The molecule has 0 unspecified atom stereocenters. The average molecular weight is 329 g/mol. The Morgan fingerprint density at radius 3 is 2.50 bits per heavy atom. The van der Waals surface area contributed by atoms with Crippen molar-refractivity contribution in [2.24, 2.45) is 0 Å². The molecule has 1 aromatic rings. The maximum Gasteiger partial charge on any atom is 0.405 e. The Bertz CT molecular complexity index is 593. The van der Waals surface area contributed by atoms with E-state index in [0.29, 0.717) is 24.4 Å². The molecule has 0 saturated heterocycles. The van der Waals surface area contributed by atoms with Crippen molar-refractivity contribution in [2.45, 2.75) is 36.1 Å². The van der Waals surface area contributed by atoms with Gasteiger partial charge in [0, 0.05) is 6.54 Å². The molecule has 0 bridgehead atoms. The summed E-state index contributed by atoms with van der Waals surface area (Å²) in [5.74, 6) is -0.211. The number of anilines is 2. The Morgan fingerprint density at radius 1 is 1.45 bits per heavy atom. The van der Waals surface area contributed by atoms with E-state index in [1.807, 2.05) is 0 Å². The minimum atomic E-state index is -4.42. The van der Waals surface area contributed by atoms with Crippen LogP contribution in [0.1, 0.15) is 19.8 Å². The molecule has 1 aromatic heterocycles. The van der Waals surface area contributed by atoms with Crippen molar-refractivity contribution in [1.29, 1.82) is 0 Å². The summed E-state index contributed by atoms with van der Waals surface area (Å²) < 4.78 is 65.9. The van der Waals surface area contributed by atoms with E-state index in [-0.39, 0.29) is 22.3 Å². The monoisotopic (exact) mass is 329 g/mol. The van der Waals surface area contributed by atoms with Crippen LogP contribution in [0.2, 0.25) is 0 Å². The highest BCUT2D eigenvalue weighted by atomic mass is 32.2. The molecule has 1 aliphatic rings. The highest BCUT2D eigenvalue weighted by Gasteiger charge is 2.42. The number of alkyl halides is 3. The summed E-state index contributed by atoms with van der Waals surface area (Å²) >= 11 is 0.693. The van der Waals surface area contributed by atoms with Crippen molar-refractivity contribution in [3.63, 3.8) is 0 Å². The van der Waals surface area contributed by atoms with Gasteiger partial charge in [0.2, 0.25) is 0 Å². The molecule has 1 aliphatic carbocycles. The number of aromatic nitrogens is 1. The van der Waals surface area contributed by atoms with Crippen LogP contribution in [0.15, 0.2) is 4.90 Å². The number of rotatable bonds is 5. The van der Waals surface area contributed by atoms with Crippen molar-refractivity contribution in [3.8, 4) is 0 Å². The third-order valence-corrected chi connectivity index (χ3v) is 6.32. The van der Waals surface area contributed by atoms with Gasteiger partial charge in [0.25, 0.3) is 0 Å². The van der Waals surface area contributed by atoms with Crippen LogP contribution >= 0.6 is 11.5 Å². The Balaban J connectivity index is 2.42. The van der Waals surface area contributed by atoms with Crippen LogP contribution in [-0.4, -0.2) is 37.3 Å². The van der Waals surface area contributed by atoms with Crippen LogP contribution in [0.25, 0.3) is 0 Å². The summed E-state index contributed by atoms with van der Waals surface area (Å²) in [7, 11) is -3.68. The lowest BCUT2D eigenvalue weighted by Gasteiger charge is -2.23. The molecule has 0 aromatic carbocycles. The second-order valence-electron chi connectivity index (χ2n) is 4.58. The second kappa shape index (κ2) is 5.06. The van der Waals surface area contributed by atoms with Gasteiger partial charge in [0.1, 0.15) is 16.4 Å². The predicted molar refractivity (Wildman–Crippen MR) is 70.7 cm³/mol. The van der Waals surface area contributed by atoms with Gasteiger partial charge in [0.05, 0.1) is 5.25 Å². The van der Waals surface area contributed by atoms with Crippen LogP contribution in [0.4, 0.5) is 24.0 Å². The van der Waals surface area contributed by atoms with Gasteiger partial charge >= 0.3 is 6.18 Å². The molecule has 0 amide bonds. The van der Waals surface area contributed by atoms with Crippen molar-refractivity contribution >= 4 is 32.2 Å². The summed E-state index contributed by atoms with van der Waals surface area (Å²) in [4.78, 5) is 0.708. The van der Waals surface area contributed by atoms with E-state index in [1.165, 1.54) is 6.92 Å². The molecule has 1 heterocycles. The SMILES string of the molecule is CCN(CC(F)(F)F)c1snc(N)c1S(=O)(=O)C1CC1. The number of hydrogen-bond acceptors (Lipinski definition) is 6. The first kappa shape index (κ1) is 15.4. The first-order valence-electron chi connectivity index (χ1n) is 5.97. The summed E-state index contributed by atoms with van der Waals surface area (Å²) in [6.07, 6.45) is -3.39. The zero-order valence-electron chi connectivity index (χ0n) is 10.6. The summed E-state index contributed by atoms with van der Waals surface area (Å²) in [6.45, 7) is 0.321. The Morgan fingerprint density at radius 2 is 2.05 bits per heavy atom. The minimum absolute atomic E-state index is 0.0192. The van der Waals surface area contributed by atoms with Gasteiger partial charge in [-0.3, -0.25) is 0 Å². The number of hydrogen-bond donors (Lipinski definition) is 1. The quantitative estimate of drug-likeness (QED) is 0.895. The Labute approximate surface area is 118 Å². The Kier molecular flexibility index (Phi) is 3.89. The molecule has 2 N–H and O–H groups in total. The number of nitrogens with two attached hydrogens (primary N) is 1. The van der Waals surface area contributed by atoms with E-state index in [9.17, 15) is 21.6 Å². The van der Waals surface area contributed by atoms with Crippen LogP contribution in [0.3, 0.4) is 0 Å². The molecule has 1 fully saturated rings. The number of sulfone groups is 1. The van der Waals surface area contributed by atoms with E-state index in [4.69, 9.17) is 5.73 Å².